The number of piperidine rings is 1. The summed E-state index contributed by atoms with van der Waals surface area (Å²) in [7, 11) is 2.13. The maximum atomic E-state index is 3.47. The highest BCUT2D eigenvalue weighted by molar-refractivity contribution is 4.97. The van der Waals surface area contributed by atoms with E-state index in [9.17, 15) is 0 Å². The first kappa shape index (κ1) is 10.1. The Morgan fingerprint density at radius 3 is 2.53 bits per heavy atom. The Bertz CT molecular complexity index is 229. The summed E-state index contributed by atoms with van der Waals surface area (Å²) in [5.74, 6) is 1.06. The van der Waals surface area contributed by atoms with Crippen molar-refractivity contribution in [2.45, 2.75) is 63.1 Å². The third kappa shape index (κ3) is 1.83. The zero-order chi connectivity index (χ0) is 10.3. The Labute approximate surface area is 93.4 Å². The quantitative estimate of drug-likeness (QED) is 0.746. The highest BCUT2D eigenvalue weighted by atomic mass is 15.2. The topological polar surface area (TPSA) is 15.3 Å². The summed E-state index contributed by atoms with van der Waals surface area (Å²) in [5, 5.41) is 3.47. The van der Waals surface area contributed by atoms with Gasteiger partial charge in [0.25, 0.3) is 0 Å². The molecule has 3 aliphatic rings. The third-order valence-electron chi connectivity index (χ3n) is 4.98. The van der Waals surface area contributed by atoms with Crippen molar-refractivity contribution in [1.82, 2.24) is 10.2 Å². The van der Waals surface area contributed by atoms with E-state index in [2.05, 4.69) is 17.3 Å². The molecule has 0 amide bonds. The molecular formula is C13H24N2. The second-order valence-corrected chi connectivity index (χ2v) is 5.84. The lowest BCUT2D eigenvalue weighted by Gasteiger charge is -2.39. The van der Waals surface area contributed by atoms with E-state index in [1.807, 2.05) is 0 Å². The first-order valence-corrected chi connectivity index (χ1v) is 6.80. The van der Waals surface area contributed by atoms with Gasteiger partial charge in [-0.05, 0) is 51.5 Å². The molecule has 0 aromatic heterocycles. The van der Waals surface area contributed by atoms with Gasteiger partial charge in [-0.1, -0.05) is 6.42 Å². The molecule has 0 spiro atoms. The number of fused-ring (bicyclic) bond motifs is 2. The van der Waals surface area contributed by atoms with Crippen molar-refractivity contribution in [2.24, 2.45) is 5.92 Å². The molecule has 1 heterocycles. The minimum Gasteiger partial charge on any atom is -0.317 e. The Balaban J connectivity index is 1.62. The fraction of sp³-hybridized carbons (Fsp3) is 1.00. The minimum atomic E-state index is 0.794. The Morgan fingerprint density at radius 1 is 1.00 bits per heavy atom. The van der Waals surface area contributed by atoms with Gasteiger partial charge in [-0.3, -0.25) is 4.90 Å². The first-order valence-electron chi connectivity index (χ1n) is 6.80. The summed E-state index contributed by atoms with van der Waals surface area (Å²) >= 11 is 0. The lowest BCUT2D eigenvalue weighted by molar-refractivity contribution is 0.107. The lowest BCUT2D eigenvalue weighted by atomic mass is 9.89. The molecule has 1 saturated heterocycles. The highest BCUT2D eigenvalue weighted by Gasteiger charge is 2.41. The van der Waals surface area contributed by atoms with Crippen LogP contribution >= 0.6 is 0 Å². The maximum Gasteiger partial charge on any atom is 0.0113 e. The van der Waals surface area contributed by atoms with Gasteiger partial charge in [-0.15, -0.1) is 0 Å². The number of likely N-dealkylation sites (tertiary alicyclic amines) is 1. The normalized spacial score (nSPS) is 46.2. The number of nitrogens with zero attached hydrogens (tertiary/aromatic N) is 1. The van der Waals surface area contributed by atoms with Crippen molar-refractivity contribution < 1.29 is 0 Å². The molecule has 2 heteroatoms. The monoisotopic (exact) mass is 208 g/mol. The molecule has 1 aliphatic heterocycles. The molecule has 2 saturated carbocycles. The van der Waals surface area contributed by atoms with Crippen LogP contribution in [-0.2, 0) is 0 Å². The molecule has 4 unspecified atom stereocenters. The van der Waals surface area contributed by atoms with Gasteiger partial charge in [0, 0.05) is 24.7 Å². The molecule has 2 nitrogen and oxygen atoms in total. The van der Waals surface area contributed by atoms with E-state index in [1.165, 1.54) is 51.5 Å². The van der Waals surface area contributed by atoms with Gasteiger partial charge in [0.1, 0.15) is 0 Å². The van der Waals surface area contributed by atoms with E-state index < -0.39 is 0 Å². The number of rotatable bonds is 2. The van der Waals surface area contributed by atoms with Crippen LogP contribution in [0.1, 0.15) is 44.9 Å². The fourth-order valence-corrected chi connectivity index (χ4v) is 4.14. The fourth-order valence-electron chi connectivity index (χ4n) is 4.14. The number of nitrogens with one attached hydrogen (secondary N) is 1. The van der Waals surface area contributed by atoms with E-state index in [1.54, 1.807) is 0 Å². The molecule has 86 valence electrons. The second kappa shape index (κ2) is 4.06. The van der Waals surface area contributed by atoms with Crippen molar-refractivity contribution >= 4 is 0 Å². The highest BCUT2D eigenvalue weighted by Crippen LogP contribution is 2.40. The van der Waals surface area contributed by atoms with Crippen LogP contribution < -0.4 is 5.32 Å². The number of hydrogen-bond acceptors (Lipinski definition) is 2. The molecule has 2 bridgehead atoms. The average Bonchev–Trinajstić information content (AvgIpc) is 2.91. The van der Waals surface area contributed by atoms with Crippen LogP contribution in [0, 0.1) is 5.92 Å². The molecule has 2 aliphatic carbocycles. The van der Waals surface area contributed by atoms with Crippen LogP contribution in [0.3, 0.4) is 0 Å². The predicted molar refractivity (Wildman–Crippen MR) is 62.9 cm³/mol. The zero-order valence-electron chi connectivity index (χ0n) is 9.91. The van der Waals surface area contributed by atoms with E-state index >= 15 is 0 Å². The Morgan fingerprint density at radius 2 is 1.87 bits per heavy atom. The van der Waals surface area contributed by atoms with Gasteiger partial charge in [0.15, 0.2) is 0 Å². The summed E-state index contributed by atoms with van der Waals surface area (Å²) in [6.45, 7) is 1.42. The molecule has 0 aromatic carbocycles. The van der Waals surface area contributed by atoms with Crippen LogP contribution in [0.25, 0.3) is 0 Å². The van der Waals surface area contributed by atoms with Crippen LogP contribution in [-0.4, -0.2) is 36.6 Å². The molecule has 1 N–H and O–H groups in total. The van der Waals surface area contributed by atoms with Gasteiger partial charge in [-0.25, -0.2) is 0 Å². The van der Waals surface area contributed by atoms with Crippen LogP contribution in [0.5, 0.6) is 0 Å². The van der Waals surface area contributed by atoms with Gasteiger partial charge in [-0.2, -0.15) is 0 Å². The van der Waals surface area contributed by atoms with Gasteiger partial charge in [0.05, 0.1) is 0 Å². The molecule has 3 fully saturated rings. The van der Waals surface area contributed by atoms with Gasteiger partial charge in [0.2, 0.25) is 0 Å². The Hall–Kier alpha value is -0.0800. The average molecular weight is 208 g/mol. The summed E-state index contributed by atoms with van der Waals surface area (Å²) < 4.78 is 0. The van der Waals surface area contributed by atoms with Crippen LogP contribution in [0.4, 0.5) is 0 Å². The summed E-state index contributed by atoms with van der Waals surface area (Å²) in [6.07, 6.45) is 10.2. The largest absolute Gasteiger partial charge is 0.317 e. The SMILES string of the molecule is CNC1CCCC(N2CC3CCC2C3)C1. The van der Waals surface area contributed by atoms with E-state index in [0.717, 1.165) is 24.0 Å². The standard InChI is InChI=1S/C13H24N2/c1-14-11-3-2-4-12(8-11)15-9-10-5-6-13(15)7-10/h10-14H,2-9H2,1H3. The maximum absolute atomic E-state index is 3.47. The first-order chi connectivity index (χ1) is 7.36. The summed E-state index contributed by atoms with van der Waals surface area (Å²) in [5.41, 5.74) is 0. The van der Waals surface area contributed by atoms with Crippen molar-refractivity contribution in [3.63, 3.8) is 0 Å². The van der Waals surface area contributed by atoms with Gasteiger partial charge >= 0.3 is 0 Å². The van der Waals surface area contributed by atoms with Gasteiger partial charge < -0.3 is 5.32 Å². The van der Waals surface area contributed by atoms with Crippen molar-refractivity contribution in [3.8, 4) is 0 Å². The third-order valence-corrected chi connectivity index (χ3v) is 4.98. The summed E-state index contributed by atoms with van der Waals surface area (Å²) in [6, 6.07) is 2.67. The smallest absolute Gasteiger partial charge is 0.0113 e. The second-order valence-electron chi connectivity index (χ2n) is 5.84. The van der Waals surface area contributed by atoms with Crippen LogP contribution in [0.15, 0.2) is 0 Å². The lowest BCUT2D eigenvalue weighted by Crippen LogP contribution is -2.46. The molecule has 15 heavy (non-hydrogen) atoms. The molecule has 3 rings (SSSR count). The predicted octanol–water partition coefficient (Wildman–Crippen LogP) is 2.00. The Kier molecular flexibility index (Phi) is 2.73. The van der Waals surface area contributed by atoms with E-state index in [4.69, 9.17) is 0 Å². The number of hydrogen-bond donors (Lipinski definition) is 1. The summed E-state index contributed by atoms with van der Waals surface area (Å²) in [4.78, 5) is 2.86. The molecule has 4 atom stereocenters. The van der Waals surface area contributed by atoms with E-state index in [0.29, 0.717) is 0 Å². The van der Waals surface area contributed by atoms with Crippen molar-refractivity contribution in [3.05, 3.63) is 0 Å². The van der Waals surface area contributed by atoms with Crippen molar-refractivity contribution in [1.29, 1.82) is 0 Å². The molecule has 0 radical (unpaired) electrons. The van der Waals surface area contributed by atoms with Crippen molar-refractivity contribution in [2.75, 3.05) is 13.6 Å². The zero-order valence-corrected chi connectivity index (χ0v) is 9.91. The molecular weight excluding hydrogens is 184 g/mol. The van der Waals surface area contributed by atoms with E-state index in [-0.39, 0.29) is 0 Å². The van der Waals surface area contributed by atoms with Crippen LogP contribution in [0.2, 0.25) is 0 Å². The molecule has 0 aromatic rings. The minimum absolute atomic E-state index is 0.794.